The van der Waals surface area contributed by atoms with E-state index in [9.17, 15) is 9.59 Å². The maximum Gasteiger partial charge on any atom is 0.272 e. The predicted molar refractivity (Wildman–Crippen MR) is 131 cm³/mol. The van der Waals surface area contributed by atoms with E-state index in [-0.39, 0.29) is 17.9 Å². The summed E-state index contributed by atoms with van der Waals surface area (Å²) in [7, 11) is 1.64. The van der Waals surface area contributed by atoms with Gasteiger partial charge in [0.25, 0.3) is 5.91 Å². The van der Waals surface area contributed by atoms with Crippen molar-refractivity contribution in [3.63, 3.8) is 0 Å². The number of pyridine rings is 2. The summed E-state index contributed by atoms with van der Waals surface area (Å²) in [5, 5.41) is 0.824. The summed E-state index contributed by atoms with van der Waals surface area (Å²) in [6.07, 6.45) is 5.62. The summed E-state index contributed by atoms with van der Waals surface area (Å²) in [5.74, 6) is -0.191. The van der Waals surface area contributed by atoms with Crippen LogP contribution in [0, 0.1) is 5.82 Å². The van der Waals surface area contributed by atoms with Crippen molar-refractivity contribution < 1.29 is 18.7 Å². The van der Waals surface area contributed by atoms with Crippen LogP contribution in [-0.2, 0) is 28.2 Å². The molecule has 36 heavy (non-hydrogen) atoms. The summed E-state index contributed by atoms with van der Waals surface area (Å²) in [6, 6.07) is 4.97. The van der Waals surface area contributed by atoms with E-state index in [0.717, 1.165) is 59.7 Å². The number of rotatable bonds is 2. The number of hydrogen-bond donors (Lipinski definition) is 1. The maximum absolute atomic E-state index is 15.3. The molecule has 0 bridgehead atoms. The van der Waals surface area contributed by atoms with Crippen molar-refractivity contribution in [1.82, 2.24) is 14.9 Å². The first-order valence-electron chi connectivity index (χ1n) is 12.5. The number of nitrogen functional groups attached to an aromatic ring is 1. The topological polar surface area (TPSA) is 102 Å². The molecule has 9 heteroatoms. The van der Waals surface area contributed by atoms with Gasteiger partial charge < -0.3 is 20.3 Å². The number of halogens is 1. The van der Waals surface area contributed by atoms with Gasteiger partial charge in [0.2, 0.25) is 5.91 Å². The van der Waals surface area contributed by atoms with Crippen LogP contribution in [0.3, 0.4) is 0 Å². The number of likely N-dealkylation sites (N-methyl/N-ethyl adjacent to an activating group) is 1. The minimum Gasteiger partial charge on any atom is -0.383 e. The van der Waals surface area contributed by atoms with E-state index in [1.165, 1.54) is 11.0 Å². The first kappa shape index (κ1) is 21.7. The Bertz CT molecular complexity index is 1480. The number of aromatic nitrogens is 2. The molecule has 1 saturated carbocycles. The highest BCUT2D eigenvalue weighted by Crippen LogP contribution is 2.58. The van der Waals surface area contributed by atoms with Gasteiger partial charge >= 0.3 is 0 Å². The zero-order valence-corrected chi connectivity index (χ0v) is 20.0. The molecule has 2 aromatic heterocycles. The second-order valence-corrected chi connectivity index (χ2v) is 10.4. The Morgan fingerprint density at radius 1 is 1.19 bits per heavy atom. The van der Waals surface area contributed by atoms with E-state index < -0.39 is 11.2 Å². The van der Waals surface area contributed by atoms with Gasteiger partial charge in [-0.1, -0.05) is 6.07 Å². The summed E-state index contributed by atoms with van der Waals surface area (Å²) in [5.41, 5.74) is 10.2. The van der Waals surface area contributed by atoms with Crippen LogP contribution >= 0.6 is 0 Å². The molecule has 2 fully saturated rings. The monoisotopic (exact) mass is 487 g/mol. The van der Waals surface area contributed by atoms with Gasteiger partial charge in [-0.2, -0.15) is 0 Å². The number of fused-ring (bicyclic) bond motifs is 5. The molecule has 8 nitrogen and oxygen atoms in total. The average molecular weight is 488 g/mol. The summed E-state index contributed by atoms with van der Waals surface area (Å²) in [4.78, 5) is 38.7. The molecule has 3 aliphatic heterocycles. The van der Waals surface area contributed by atoms with Gasteiger partial charge in [0, 0.05) is 24.5 Å². The molecule has 1 unspecified atom stereocenters. The van der Waals surface area contributed by atoms with E-state index in [0.29, 0.717) is 42.5 Å². The molecule has 0 radical (unpaired) electrons. The van der Waals surface area contributed by atoms with Crippen molar-refractivity contribution in [3.8, 4) is 0 Å². The molecule has 1 saturated heterocycles. The van der Waals surface area contributed by atoms with Gasteiger partial charge in [-0.25, -0.2) is 14.4 Å². The minimum absolute atomic E-state index is 0.0313. The molecule has 184 valence electrons. The number of hydrogen-bond acceptors (Lipinski definition) is 6. The normalized spacial score (nSPS) is 21.8. The standard InChI is InChI=1S/C27H26FN5O3/c1-32-23-18(27(5-6-27)26(32)35)8-14(9-19(23)28)22-4-2-3-7-33(22)25(34)20-10-15-16-12-36-13-17(16)24(29)31-21(15)11-30-20/h8-11,22H,2-7,12-13H2,1H3,(H2,29,31). The number of piperidine rings is 1. The lowest BCUT2D eigenvalue weighted by atomic mass is 9.89. The van der Waals surface area contributed by atoms with Crippen molar-refractivity contribution in [2.45, 2.75) is 56.8 Å². The van der Waals surface area contributed by atoms with Crippen LogP contribution < -0.4 is 10.6 Å². The molecule has 3 aromatic rings. The Morgan fingerprint density at radius 2 is 2.00 bits per heavy atom. The second kappa shape index (κ2) is 7.46. The fraction of sp³-hybridized carbons (Fsp3) is 0.407. The lowest BCUT2D eigenvalue weighted by molar-refractivity contribution is -0.119. The first-order chi connectivity index (χ1) is 17.4. The lowest BCUT2D eigenvalue weighted by Crippen LogP contribution is -2.39. The molecule has 1 spiro atoms. The van der Waals surface area contributed by atoms with Gasteiger partial charge in [0.15, 0.2) is 0 Å². The van der Waals surface area contributed by atoms with Gasteiger partial charge in [-0.05, 0) is 60.9 Å². The van der Waals surface area contributed by atoms with Crippen molar-refractivity contribution in [1.29, 1.82) is 0 Å². The van der Waals surface area contributed by atoms with Crippen LogP contribution in [-0.4, -0.2) is 40.3 Å². The number of ether oxygens (including phenoxy) is 1. The molecule has 7 rings (SSSR count). The Hall–Kier alpha value is -3.59. The van der Waals surface area contributed by atoms with Gasteiger partial charge in [0.05, 0.1) is 42.1 Å². The smallest absolute Gasteiger partial charge is 0.272 e. The summed E-state index contributed by atoms with van der Waals surface area (Å²) < 4.78 is 20.9. The number of benzene rings is 1. The highest BCUT2D eigenvalue weighted by atomic mass is 19.1. The van der Waals surface area contributed by atoms with E-state index in [1.54, 1.807) is 24.2 Å². The molecule has 1 aromatic carbocycles. The lowest BCUT2D eigenvalue weighted by Gasteiger charge is -2.36. The number of anilines is 2. The van der Waals surface area contributed by atoms with Crippen LogP contribution in [0.5, 0.6) is 0 Å². The predicted octanol–water partition coefficient (Wildman–Crippen LogP) is 3.76. The Labute approximate surface area is 207 Å². The molecule has 2 N–H and O–H groups in total. The zero-order chi connectivity index (χ0) is 24.8. The van der Waals surface area contributed by atoms with Crippen molar-refractivity contribution in [2.24, 2.45) is 0 Å². The molecule has 2 amide bonds. The maximum atomic E-state index is 15.3. The van der Waals surface area contributed by atoms with Gasteiger partial charge in [0.1, 0.15) is 17.3 Å². The molecular formula is C27H26FN5O3. The highest BCUT2D eigenvalue weighted by molar-refractivity contribution is 6.10. The van der Waals surface area contributed by atoms with Crippen molar-refractivity contribution in [2.75, 3.05) is 24.2 Å². The van der Waals surface area contributed by atoms with E-state index in [1.807, 2.05) is 6.07 Å². The Balaban J connectivity index is 1.28. The average Bonchev–Trinajstić information content (AvgIpc) is 3.48. The third kappa shape index (κ3) is 2.89. The van der Waals surface area contributed by atoms with Crippen LogP contribution in [0.4, 0.5) is 15.9 Å². The second-order valence-electron chi connectivity index (χ2n) is 10.4. The first-order valence-corrected chi connectivity index (χ1v) is 12.5. The molecular weight excluding hydrogens is 461 g/mol. The number of likely N-dealkylation sites (tertiary alicyclic amines) is 1. The van der Waals surface area contributed by atoms with Crippen LogP contribution in [0.2, 0.25) is 0 Å². The van der Waals surface area contributed by atoms with Crippen molar-refractivity contribution in [3.05, 3.63) is 58.2 Å². The van der Waals surface area contributed by atoms with E-state index in [4.69, 9.17) is 10.5 Å². The molecule has 5 heterocycles. The minimum atomic E-state index is -0.582. The molecule has 1 atom stereocenters. The number of carbonyl (C=O) groups excluding carboxylic acids is 2. The number of amides is 2. The number of nitrogens with zero attached hydrogens (tertiary/aromatic N) is 4. The van der Waals surface area contributed by atoms with Crippen LogP contribution in [0.15, 0.2) is 24.4 Å². The highest BCUT2D eigenvalue weighted by Gasteiger charge is 2.59. The van der Waals surface area contributed by atoms with Gasteiger partial charge in [-0.15, -0.1) is 0 Å². The third-order valence-corrected chi connectivity index (χ3v) is 8.38. The Kier molecular flexibility index (Phi) is 4.49. The largest absolute Gasteiger partial charge is 0.383 e. The summed E-state index contributed by atoms with van der Waals surface area (Å²) >= 11 is 0. The Morgan fingerprint density at radius 3 is 2.81 bits per heavy atom. The number of nitrogens with two attached hydrogens (primary N) is 1. The molecule has 1 aliphatic carbocycles. The zero-order valence-electron chi connectivity index (χ0n) is 20.0. The number of carbonyl (C=O) groups is 2. The SMILES string of the molecule is CN1C(=O)C2(CC2)c2cc(C3CCCCN3C(=O)c3cc4c5c(c(N)nc4cn3)COC5)cc(F)c21. The molecule has 4 aliphatic rings. The van der Waals surface area contributed by atoms with E-state index in [2.05, 4.69) is 9.97 Å². The van der Waals surface area contributed by atoms with Gasteiger partial charge in [-0.3, -0.25) is 9.59 Å². The fourth-order valence-electron chi connectivity index (χ4n) is 6.32. The quantitative estimate of drug-likeness (QED) is 0.591. The van der Waals surface area contributed by atoms with E-state index >= 15 is 4.39 Å². The fourth-order valence-corrected chi connectivity index (χ4v) is 6.32. The summed E-state index contributed by atoms with van der Waals surface area (Å²) in [6.45, 7) is 1.39. The van der Waals surface area contributed by atoms with Crippen molar-refractivity contribution >= 4 is 34.2 Å². The van der Waals surface area contributed by atoms with Crippen LogP contribution in [0.1, 0.15) is 70.9 Å². The van der Waals surface area contributed by atoms with Crippen LogP contribution in [0.25, 0.3) is 10.9 Å². The third-order valence-electron chi connectivity index (χ3n) is 8.38.